The first-order chi connectivity index (χ1) is 21.8. The van der Waals surface area contributed by atoms with Gasteiger partial charge in [0.2, 0.25) is 17.7 Å². The standard InChI is InChI=1S/C36H57N5O5/c1-25(2)30(39(7)34(44)31(36(3,4)5)37-32(42)27-17-11-12-20-38(27)6)23-40-21-13-18-28(40)33(43)41-22-14-19-29(41)35(45)46-24-26-15-9-8-10-16-26/h8-10,15-16,25,27-31H,11-14,17-24H2,1-7H3,(H,37,42)/t27-,28+,29+,30-,31-/m1/s1. The summed E-state index contributed by atoms with van der Waals surface area (Å²) in [5, 5.41) is 3.14. The fourth-order valence-electron chi connectivity index (χ4n) is 7.30. The molecule has 5 atom stereocenters. The summed E-state index contributed by atoms with van der Waals surface area (Å²) in [6.07, 6.45) is 5.86. The van der Waals surface area contributed by atoms with E-state index in [9.17, 15) is 19.2 Å². The molecular formula is C36H57N5O5. The van der Waals surface area contributed by atoms with Crippen molar-refractivity contribution < 1.29 is 23.9 Å². The van der Waals surface area contributed by atoms with E-state index in [0.717, 1.165) is 57.2 Å². The van der Waals surface area contributed by atoms with Gasteiger partial charge in [-0.3, -0.25) is 24.2 Å². The maximum atomic E-state index is 14.2. The maximum absolute atomic E-state index is 14.2. The molecule has 10 heteroatoms. The molecule has 3 fully saturated rings. The predicted molar refractivity (Wildman–Crippen MR) is 179 cm³/mol. The number of amides is 3. The van der Waals surface area contributed by atoms with E-state index in [1.807, 2.05) is 65.2 Å². The van der Waals surface area contributed by atoms with Crippen LogP contribution >= 0.6 is 0 Å². The Kier molecular flexibility index (Phi) is 12.3. The van der Waals surface area contributed by atoms with E-state index in [0.29, 0.717) is 19.5 Å². The number of benzene rings is 1. The average Bonchev–Trinajstić information content (AvgIpc) is 3.70. The number of hydrogen-bond donors (Lipinski definition) is 1. The van der Waals surface area contributed by atoms with Gasteiger partial charge in [-0.15, -0.1) is 0 Å². The topological polar surface area (TPSA) is 103 Å². The van der Waals surface area contributed by atoms with Crippen LogP contribution in [-0.4, -0.2) is 114 Å². The van der Waals surface area contributed by atoms with Crippen LogP contribution in [-0.2, 0) is 30.5 Å². The van der Waals surface area contributed by atoms with Crippen LogP contribution < -0.4 is 5.32 Å². The van der Waals surface area contributed by atoms with E-state index < -0.39 is 17.5 Å². The number of esters is 1. The van der Waals surface area contributed by atoms with Crippen molar-refractivity contribution in [3.05, 3.63) is 35.9 Å². The summed E-state index contributed by atoms with van der Waals surface area (Å²) in [4.78, 5) is 62.5. The minimum Gasteiger partial charge on any atom is -0.459 e. The van der Waals surface area contributed by atoms with Crippen molar-refractivity contribution in [1.29, 1.82) is 0 Å². The van der Waals surface area contributed by atoms with Gasteiger partial charge in [0.1, 0.15) is 18.7 Å². The molecule has 0 saturated carbocycles. The number of rotatable bonds is 11. The summed E-state index contributed by atoms with van der Waals surface area (Å²) in [6, 6.07) is 7.61. The molecule has 3 saturated heterocycles. The van der Waals surface area contributed by atoms with Gasteiger partial charge in [-0.2, -0.15) is 0 Å². The molecule has 3 amide bonds. The lowest BCUT2D eigenvalue weighted by Crippen LogP contribution is -2.61. The molecule has 0 bridgehead atoms. The van der Waals surface area contributed by atoms with Crippen molar-refractivity contribution in [2.24, 2.45) is 11.3 Å². The van der Waals surface area contributed by atoms with E-state index in [1.165, 1.54) is 0 Å². The van der Waals surface area contributed by atoms with Crippen LogP contribution in [0.3, 0.4) is 0 Å². The Labute approximate surface area is 276 Å². The molecule has 0 spiro atoms. The summed E-state index contributed by atoms with van der Waals surface area (Å²) in [7, 11) is 3.81. The SMILES string of the molecule is CC(C)[C@@H](CN1CCC[C@H]1C(=O)N1CCC[C@H]1C(=O)OCc1ccccc1)N(C)C(=O)[C@@H](NC(=O)[C@H]1CCCCN1C)C(C)(C)C. The van der Waals surface area contributed by atoms with Gasteiger partial charge in [-0.25, -0.2) is 4.79 Å². The molecule has 0 aliphatic carbocycles. The Morgan fingerprint density at radius 1 is 0.913 bits per heavy atom. The third-order valence-electron chi connectivity index (χ3n) is 10.2. The summed E-state index contributed by atoms with van der Waals surface area (Å²) in [5.41, 5.74) is 0.434. The molecule has 4 rings (SSSR count). The lowest BCUT2D eigenvalue weighted by Gasteiger charge is -2.41. The average molecular weight is 640 g/mol. The highest BCUT2D eigenvalue weighted by Gasteiger charge is 2.44. The monoisotopic (exact) mass is 639 g/mol. The molecule has 0 aromatic heterocycles. The fraction of sp³-hybridized carbons (Fsp3) is 0.722. The smallest absolute Gasteiger partial charge is 0.329 e. The molecular weight excluding hydrogens is 582 g/mol. The Morgan fingerprint density at radius 3 is 2.22 bits per heavy atom. The van der Waals surface area contributed by atoms with Crippen molar-refractivity contribution in [3.8, 4) is 0 Å². The lowest BCUT2D eigenvalue weighted by molar-refractivity contribution is -0.156. The zero-order valence-electron chi connectivity index (χ0n) is 29.2. The molecule has 3 heterocycles. The van der Waals surface area contributed by atoms with Gasteiger partial charge in [0.15, 0.2) is 0 Å². The minimum atomic E-state index is -0.676. The van der Waals surface area contributed by atoms with Crippen LogP contribution in [0.2, 0.25) is 0 Å². The van der Waals surface area contributed by atoms with Crippen molar-refractivity contribution >= 4 is 23.7 Å². The minimum absolute atomic E-state index is 0.0235. The molecule has 46 heavy (non-hydrogen) atoms. The Morgan fingerprint density at radius 2 is 1.57 bits per heavy atom. The number of ether oxygens (including phenoxy) is 1. The summed E-state index contributed by atoms with van der Waals surface area (Å²) in [6.45, 7) is 13.1. The van der Waals surface area contributed by atoms with Crippen molar-refractivity contribution in [3.63, 3.8) is 0 Å². The van der Waals surface area contributed by atoms with Gasteiger partial charge in [0.05, 0.1) is 12.1 Å². The molecule has 0 unspecified atom stereocenters. The number of likely N-dealkylation sites (tertiary alicyclic amines) is 3. The number of likely N-dealkylation sites (N-methyl/N-ethyl adjacent to an activating group) is 2. The van der Waals surface area contributed by atoms with E-state index in [-0.39, 0.29) is 54.3 Å². The molecule has 3 aliphatic rings. The summed E-state index contributed by atoms with van der Waals surface area (Å²) >= 11 is 0. The van der Waals surface area contributed by atoms with Crippen LogP contribution in [0.15, 0.2) is 30.3 Å². The van der Waals surface area contributed by atoms with Gasteiger partial charge >= 0.3 is 5.97 Å². The first-order valence-electron chi connectivity index (χ1n) is 17.3. The summed E-state index contributed by atoms with van der Waals surface area (Å²) < 4.78 is 5.63. The molecule has 1 N–H and O–H groups in total. The largest absolute Gasteiger partial charge is 0.459 e. The highest BCUT2D eigenvalue weighted by atomic mass is 16.5. The second-order valence-corrected chi connectivity index (χ2v) is 15.0. The number of carbonyl (C=O) groups excluding carboxylic acids is 4. The van der Waals surface area contributed by atoms with Gasteiger partial charge < -0.3 is 19.9 Å². The molecule has 1 aromatic carbocycles. The first kappa shape index (κ1) is 35.9. The maximum Gasteiger partial charge on any atom is 0.329 e. The van der Waals surface area contributed by atoms with E-state index in [1.54, 1.807) is 9.80 Å². The second kappa shape index (κ2) is 15.7. The van der Waals surface area contributed by atoms with Crippen molar-refractivity contribution in [2.75, 3.05) is 40.3 Å². The Balaban J connectivity index is 1.42. The van der Waals surface area contributed by atoms with E-state index >= 15 is 0 Å². The van der Waals surface area contributed by atoms with Crippen LogP contribution in [0.25, 0.3) is 0 Å². The number of nitrogens with zero attached hydrogens (tertiary/aromatic N) is 4. The summed E-state index contributed by atoms with van der Waals surface area (Å²) in [5.74, 6) is -0.444. The van der Waals surface area contributed by atoms with Gasteiger partial charge in [0, 0.05) is 26.2 Å². The number of piperidine rings is 1. The Bertz CT molecular complexity index is 1200. The van der Waals surface area contributed by atoms with Crippen molar-refractivity contribution in [1.82, 2.24) is 24.9 Å². The van der Waals surface area contributed by atoms with Crippen molar-refractivity contribution in [2.45, 2.75) is 116 Å². The fourth-order valence-corrected chi connectivity index (χ4v) is 7.30. The number of hydrogen-bond acceptors (Lipinski definition) is 7. The van der Waals surface area contributed by atoms with E-state index in [4.69, 9.17) is 4.74 Å². The zero-order valence-corrected chi connectivity index (χ0v) is 29.2. The molecule has 1 aromatic rings. The number of carbonyl (C=O) groups is 4. The van der Waals surface area contributed by atoms with Crippen LogP contribution in [0, 0.1) is 11.3 Å². The van der Waals surface area contributed by atoms with Gasteiger partial charge in [-0.05, 0) is 75.6 Å². The quantitative estimate of drug-likeness (QED) is 0.369. The zero-order chi connectivity index (χ0) is 33.6. The lowest BCUT2D eigenvalue weighted by atomic mass is 9.84. The first-order valence-corrected chi connectivity index (χ1v) is 17.3. The second-order valence-electron chi connectivity index (χ2n) is 15.0. The Hall–Kier alpha value is -2.98. The predicted octanol–water partition coefficient (Wildman–Crippen LogP) is 3.68. The normalized spacial score (nSPS) is 24.1. The van der Waals surface area contributed by atoms with Crippen LogP contribution in [0.1, 0.15) is 85.1 Å². The highest BCUT2D eigenvalue weighted by molar-refractivity contribution is 5.91. The molecule has 10 nitrogen and oxygen atoms in total. The third kappa shape index (κ3) is 8.68. The molecule has 3 aliphatic heterocycles. The molecule has 0 radical (unpaired) electrons. The highest BCUT2D eigenvalue weighted by Crippen LogP contribution is 2.29. The van der Waals surface area contributed by atoms with E-state index in [2.05, 4.69) is 29.0 Å². The molecule has 256 valence electrons. The van der Waals surface area contributed by atoms with Gasteiger partial charge in [-0.1, -0.05) is 71.4 Å². The van der Waals surface area contributed by atoms with Crippen LogP contribution in [0.4, 0.5) is 0 Å². The third-order valence-corrected chi connectivity index (χ3v) is 10.2. The van der Waals surface area contributed by atoms with Crippen LogP contribution in [0.5, 0.6) is 0 Å². The number of nitrogens with one attached hydrogen (secondary N) is 1. The van der Waals surface area contributed by atoms with Gasteiger partial charge in [0.25, 0.3) is 0 Å².